The first-order valence-corrected chi connectivity index (χ1v) is 6.76. The lowest BCUT2D eigenvalue weighted by Crippen LogP contribution is -2.21. The summed E-state index contributed by atoms with van der Waals surface area (Å²) in [6.07, 6.45) is 1.28. The maximum atomic E-state index is 11.4. The van der Waals surface area contributed by atoms with Crippen LogP contribution in [0.15, 0.2) is 24.3 Å². The van der Waals surface area contributed by atoms with Crippen LogP contribution in [0, 0.1) is 0 Å². The van der Waals surface area contributed by atoms with Gasteiger partial charge in [-0.25, -0.2) is 0 Å². The van der Waals surface area contributed by atoms with Gasteiger partial charge in [0.25, 0.3) is 0 Å². The summed E-state index contributed by atoms with van der Waals surface area (Å²) in [6, 6.07) is 8.05. The number of hydrogen-bond donors (Lipinski definition) is 1. The van der Waals surface area contributed by atoms with Gasteiger partial charge in [0.2, 0.25) is 5.91 Å². The van der Waals surface area contributed by atoms with Crippen molar-refractivity contribution in [1.29, 1.82) is 0 Å². The maximum absolute atomic E-state index is 11.4. The first-order valence-electron chi connectivity index (χ1n) is 6.76. The van der Waals surface area contributed by atoms with Crippen LogP contribution in [0.25, 0.3) is 0 Å². The van der Waals surface area contributed by atoms with Gasteiger partial charge in [0.15, 0.2) is 0 Å². The summed E-state index contributed by atoms with van der Waals surface area (Å²) < 4.78 is 5.66. The molecule has 0 heterocycles. The molecule has 19 heavy (non-hydrogen) atoms. The van der Waals surface area contributed by atoms with Crippen molar-refractivity contribution in [2.45, 2.75) is 26.3 Å². The fourth-order valence-corrected chi connectivity index (χ4v) is 1.65. The molecule has 1 amide bonds. The number of rotatable bonds is 8. The predicted molar refractivity (Wildman–Crippen MR) is 77.2 cm³/mol. The highest BCUT2D eigenvalue weighted by atomic mass is 16.5. The predicted octanol–water partition coefficient (Wildman–Crippen LogP) is 2.04. The first-order chi connectivity index (χ1) is 9.13. The average Bonchev–Trinajstić information content (AvgIpc) is 2.41. The fourth-order valence-electron chi connectivity index (χ4n) is 1.65. The van der Waals surface area contributed by atoms with E-state index in [2.05, 4.69) is 18.3 Å². The van der Waals surface area contributed by atoms with Crippen molar-refractivity contribution in [3.05, 3.63) is 29.8 Å². The zero-order valence-electron chi connectivity index (χ0n) is 12.1. The summed E-state index contributed by atoms with van der Waals surface area (Å²) in [5.41, 5.74) is 1.21. The van der Waals surface area contributed by atoms with E-state index >= 15 is 0 Å². The van der Waals surface area contributed by atoms with E-state index in [-0.39, 0.29) is 5.91 Å². The van der Waals surface area contributed by atoms with Gasteiger partial charge in [-0.1, -0.05) is 19.1 Å². The van der Waals surface area contributed by atoms with Crippen LogP contribution in [0.2, 0.25) is 0 Å². The molecule has 1 aromatic rings. The van der Waals surface area contributed by atoms with Gasteiger partial charge in [-0.2, -0.15) is 0 Å². The van der Waals surface area contributed by atoms with Gasteiger partial charge in [0.1, 0.15) is 5.75 Å². The molecule has 1 rings (SSSR count). The maximum Gasteiger partial charge on any atom is 0.222 e. The average molecular weight is 264 g/mol. The Morgan fingerprint density at radius 2 is 2.16 bits per heavy atom. The summed E-state index contributed by atoms with van der Waals surface area (Å²) in [4.78, 5) is 13.0. The van der Waals surface area contributed by atoms with E-state index in [0.29, 0.717) is 13.0 Å². The molecule has 0 fully saturated rings. The Morgan fingerprint density at radius 1 is 1.37 bits per heavy atom. The van der Waals surface area contributed by atoms with Crippen molar-refractivity contribution < 1.29 is 9.53 Å². The van der Waals surface area contributed by atoms with Gasteiger partial charge >= 0.3 is 0 Å². The van der Waals surface area contributed by atoms with Gasteiger partial charge in [0, 0.05) is 27.1 Å². The number of hydrogen-bond acceptors (Lipinski definition) is 3. The molecule has 4 heteroatoms. The lowest BCUT2D eigenvalue weighted by atomic mass is 10.2. The quantitative estimate of drug-likeness (QED) is 0.731. The van der Waals surface area contributed by atoms with E-state index in [1.54, 1.807) is 19.0 Å². The molecule has 1 aromatic carbocycles. The molecular formula is C15H24N2O2. The number of nitrogens with one attached hydrogen (secondary N) is 1. The van der Waals surface area contributed by atoms with E-state index in [1.807, 2.05) is 18.2 Å². The second kappa shape index (κ2) is 8.53. The number of amides is 1. The Labute approximate surface area is 115 Å². The van der Waals surface area contributed by atoms with Gasteiger partial charge < -0.3 is 15.0 Å². The number of carbonyl (C=O) groups excluding carboxylic acids is 1. The van der Waals surface area contributed by atoms with Gasteiger partial charge in [-0.3, -0.25) is 4.79 Å². The topological polar surface area (TPSA) is 41.6 Å². The van der Waals surface area contributed by atoms with E-state index in [9.17, 15) is 4.79 Å². The fraction of sp³-hybridized carbons (Fsp3) is 0.533. The van der Waals surface area contributed by atoms with E-state index in [0.717, 1.165) is 25.3 Å². The van der Waals surface area contributed by atoms with Crippen LogP contribution in [-0.2, 0) is 11.3 Å². The molecule has 0 saturated carbocycles. The summed E-state index contributed by atoms with van der Waals surface area (Å²) in [7, 11) is 3.54. The molecule has 0 aliphatic rings. The van der Waals surface area contributed by atoms with E-state index < -0.39 is 0 Å². The van der Waals surface area contributed by atoms with Crippen LogP contribution in [-0.4, -0.2) is 38.1 Å². The Bertz CT molecular complexity index is 391. The van der Waals surface area contributed by atoms with Crippen molar-refractivity contribution in [1.82, 2.24) is 10.2 Å². The lowest BCUT2D eigenvalue weighted by Gasteiger charge is -2.11. The summed E-state index contributed by atoms with van der Waals surface area (Å²) >= 11 is 0. The molecule has 0 aromatic heterocycles. The highest BCUT2D eigenvalue weighted by Crippen LogP contribution is 2.13. The van der Waals surface area contributed by atoms with Crippen molar-refractivity contribution in [3.63, 3.8) is 0 Å². The number of carbonyl (C=O) groups is 1. The molecule has 0 unspecified atom stereocenters. The molecule has 0 atom stereocenters. The normalized spacial score (nSPS) is 10.3. The molecular weight excluding hydrogens is 240 g/mol. The van der Waals surface area contributed by atoms with Gasteiger partial charge in [-0.15, -0.1) is 0 Å². The third-order valence-electron chi connectivity index (χ3n) is 2.78. The van der Waals surface area contributed by atoms with Crippen molar-refractivity contribution in [3.8, 4) is 5.75 Å². The molecule has 0 radical (unpaired) electrons. The Morgan fingerprint density at radius 3 is 2.84 bits per heavy atom. The largest absolute Gasteiger partial charge is 0.494 e. The monoisotopic (exact) mass is 264 g/mol. The molecule has 0 aliphatic carbocycles. The van der Waals surface area contributed by atoms with E-state index in [4.69, 9.17) is 4.74 Å². The van der Waals surface area contributed by atoms with Crippen LogP contribution in [0.4, 0.5) is 0 Å². The molecule has 1 N–H and O–H groups in total. The van der Waals surface area contributed by atoms with E-state index in [1.165, 1.54) is 5.56 Å². The first kappa shape index (κ1) is 15.5. The number of nitrogens with zero attached hydrogens (tertiary/aromatic N) is 1. The van der Waals surface area contributed by atoms with Crippen LogP contribution < -0.4 is 10.1 Å². The Kier molecular flexibility index (Phi) is 6.97. The smallest absolute Gasteiger partial charge is 0.222 e. The van der Waals surface area contributed by atoms with Crippen molar-refractivity contribution in [2.75, 3.05) is 27.2 Å². The van der Waals surface area contributed by atoms with Crippen LogP contribution in [0.1, 0.15) is 25.3 Å². The minimum absolute atomic E-state index is 0.143. The second-order valence-electron chi connectivity index (χ2n) is 4.67. The molecule has 0 spiro atoms. The van der Waals surface area contributed by atoms with Crippen molar-refractivity contribution >= 4 is 5.91 Å². The summed E-state index contributed by atoms with van der Waals surface area (Å²) in [5, 5.41) is 3.28. The molecule has 0 bridgehead atoms. The zero-order valence-corrected chi connectivity index (χ0v) is 12.1. The molecule has 0 saturated heterocycles. The SMILES string of the molecule is CCNCc1cccc(OCCCC(=O)N(C)C)c1. The van der Waals surface area contributed by atoms with Crippen LogP contribution >= 0.6 is 0 Å². The lowest BCUT2D eigenvalue weighted by molar-refractivity contribution is -0.128. The highest BCUT2D eigenvalue weighted by molar-refractivity contribution is 5.75. The zero-order chi connectivity index (χ0) is 14.1. The standard InChI is InChI=1S/C15H24N2O2/c1-4-16-12-13-7-5-8-14(11-13)19-10-6-9-15(18)17(2)3/h5,7-8,11,16H,4,6,9-10,12H2,1-3H3. The number of ether oxygens (including phenoxy) is 1. The van der Waals surface area contributed by atoms with Crippen LogP contribution in [0.5, 0.6) is 5.75 Å². The van der Waals surface area contributed by atoms with Crippen molar-refractivity contribution in [2.24, 2.45) is 0 Å². The Hall–Kier alpha value is -1.55. The molecule has 0 aliphatic heterocycles. The summed E-state index contributed by atoms with van der Waals surface area (Å²) in [5.74, 6) is 1.01. The minimum atomic E-state index is 0.143. The van der Waals surface area contributed by atoms with Gasteiger partial charge in [-0.05, 0) is 30.7 Å². The highest BCUT2D eigenvalue weighted by Gasteiger charge is 2.03. The minimum Gasteiger partial charge on any atom is -0.494 e. The summed E-state index contributed by atoms with van der Waals surface area (Å²) in [6.45, 7) is 4.47. The number of benzene rings is 1. The van der Waals surface area contributed by atoms with Crippen LogP contribution in [0.3, 0.4) is 0 Å². The molecule has 106 valence electrons. The third kappa shape index (κ3) is 6.25. The third-order valence-corrected chi connectivity index (χ3v) is 2.78. The second-order valence-corrected chi connectivity index (χ2v) is 4.67. The molecule has 4 nitrogen and oxygen atoms in total. The van der Waals surface area contributed by atoms with Gasteiger partial charge in [0.05, 0.1) is 6.61 Å². The Balaban J connectivity index is 2.31.